The fourth-order valence-corrected chi connectivity index (χ4v) is 3.77. The molecular weight excluding hydrogens is 412 g/mol. The van der Waals surface area contributed by atoms with Crippen LogP contribution in [0.5, 0.6) is 11.5 Å². The predicted octanol–water partition coefficient (Wildman–Crippen LogP) is 2.59. The summed E-state index contributed by atoms with van der Waals surface area (Å²) >= 11 is 6.66. The molecule has 27 heavy (non-hydrogen) atoms. The summed E-state index contributed by atoms with van der Waals surface area (Å²) in [5.74, 6) is -1.07. The van der Waals surface area contributed by atoms with E-state index in [2.05, 4.69) is 5.32 Å². The quantitative estimate of drug-likeness (QED) is 0.327. The minimum atomic E-state index is -0.825. The molecule has 0 atom stereocenters. The molecule has 2 heterocycles. The number of carbonyl (C=O) groups excluding carboxylic acids is 4. The van der Waals surface area contributed by atoms with Gasteiger partial charge in [0.1, 0.15) is 4.99 Å². The molecule has 2 N–H and O–H groups in total. The van der Waals surface area contributed by atoms with Gasteiger partial charge >= 0.3 is 5.97 Å². The molecule has 8 nitrogen and oxygen atoms in total. The van der Waals surface area contributed by atoms with Crippen LogP contribution in [-0.4, -0.2) is 34.5 Å². The molecule has 0 saturated carbocycles. The van der Waals surface area contributed by atoms with E-state index < -0.39 is 17.1 Å². The lowest BCUT2D eigenvalue weighted by Gasteiger charge is -2.09. The zero-order chi connectivity index (χ0) is 19.6. The van der Waals surface area contributed by atoms with E-state index in [0.29, 0.717) is 27.2 Å². The summed E-state index contributed by atoms with van der Waals surface area (Å²) in [4.78, 5) is 46.8. The lowest BCUT2D eigenvalue weighted by atomic mass is 10.2. The Morgan fingerprint density at radius 1 is 1.07 bits per heavy atom. The molecule has 2 aliphatic rings. The number of benzene rings is 1. The van der Waals surface area contributed by atoms with Crippen LogP contribution in [0.1, 0.15) is 5.56 Å². The monoisotopic (exact) mass is 422 g/mol. The smallest absolute Gasteiger partial charge is 0.337 e. The van der Waals surface area contributed by atoms with E-state index in [9.17, 15) is 19.2 Å². The van der Waals surface area contributed by atoms with E-state index >= 15 is 0 Å². The molecule has 0 spiro atoms. The maximum Gasteiger partial charge on any atom is 0.337 e. The van der Waals surface area contributed by atoms with Crippen molar-refractivity contribution in [3.8, 4) is 11.5 Å². The van der Waals surface area contributed by atoms with E-state index in [0.717, 1.165) is 17.8 Å². The van der Waals surface area contributed by atoms with Gasteiger partial charge in [0.05, 0.1) is 16.9 Å². The van der Waals surface area contributed by atoms with Crippen molar-refractivity contribution in [3.05, 3.63) is 39.6 Å². The normalized spacial score (nSPS) is 19.4. The summed E-state index contributed by atoms with van der Waals surface area (Å²) in [6.07, 6.45) is 2.64. The van der Waals surface area contributed by atoms with Crippen LogP contribution in [-0.2, 0) is 9.59 Å². The fraction of sp³-hybridized carbons (Fsp3) is 0.0625. The Balaban J connectivity index is 1.78. The molecule has 2 saturated heterocycles. The Morgan fingerprint density at radius 3 is 2.37 bits per heavy atom. The Kier molecular flexibility index (Phi) is 5.63. The second kappa shape index (κ2) is 7.94. The van der Waals surface area contributed by atoms with Gasteiger partial charge in [-0.2, -0.15) is 0 Å². The van der Waals surface area contributed by atoms with Gasteiger partial charge in [0.15, 0.2) is 11.5 Å². The SMILES string of the molecule is COc1cc(/C=C2\SC(=O)NC2=S)ccc1OC(=O)/C=C1/SC(=O)NC1=O. The average molecular weight is 422 g/mol. The van der Waals surface area contributed by atoms with Crippen LogP contribution in [0.25, 0.3) is 6.08 Å². The van der Waals surface area contributed by atoms with Crippen LogP contribution in [0.3, 0.4) is 0 Å². The van der Waals surface area contributed by atoms with Crippen molar-refractivity contribution in [2.24, 2.45) is 0 Å². The second-order valence-corrected chi connectivity index (χ2v) is 7.47. The van der Waals surface area contributed by atoms with Crippen molar-refractivity contribution in [2.45, 2.75) is 0 Å². The minimum Gasteiger partial charge on any atom is -0.493 e. The summed E-state index contributed by atoms with van der Waals surface area (Å²) in [6.45, 7) is 0. The Hall–Kier alpha value is -2.63. The molecule has 0 aliphatic carbocycles. The van der Waals surface area contributed by atoms with E-state index in [1.165, 1.54) is 13.2 Å². The number of imide groups is 1. The van der Waals surface area contributed by atoms with Crippen LogP contribution in [0, 0.1) is 0 Å². The molecule has 0 bridgehead atoms. The number of amides is 3. The molecule has 0 aromatic heterocycles. The van der Waals surface area contributed by atoms with Crippen molar-refractivity contribution in [1.29, 1.82) is 0 Å². The first-order valence-electron chi connectivity index (χ1n) is 7.25. The Labute approximate surface area is 166 Å². The third-order valence-corrected chi connectivity index (χ3v) is 5.32. The number of esters is 1. The molecule has 2 fully saturated rings. The molecule has 138 valence electrons. The first-order chi connectivity index (χ1) is 12.9. The summed E-state index contributed by atoms with van der Waals surface area (Å²) in [5.41, 5.74) is 0.683. The summed E-state index contributed by atoms with van der Waals surface area (Å²) < 4.78 is 10.4. The number of hydrogen-bond donors (Lipinski definition) is 2. The van der Waals surface area contributed by atoms with Crippen LogP contribution >= 0.6 is 35.7 Å². The molecule has 2 aliphatic heterocycles. The summed E-state index contributed by atoms with van der Waals surface area (Å²) in [6, 6.07) is 4.76. The minimum absolute atomic E-state index is 0.0470. The molecular formula is C16H10N2O6S3. The molecule has 0 radical (unpaired) electrons. The summed E-state index contributed by atoms with van der Waals surface area (Å²) in [5, 5.41) is 3.76. The van der Waals surface area contributed by atoms with Crippen molar-refractivity contribution in [3.63, 3.8) is 0 Å². The average Bonchev–Trinajstić information content (AvgIpc) is 3.09. The molecule has 3 rings (SSSR count). The molecule has 1 aromatic carbocycles. The number of methoxy groups -OCH3 is 1. The van der Waals surface area contributed by atoms with Gasteiger partial charge in [-0.1, -0.05) is 18.3 Å². The highest BCUT2D eigenvalue weighted by Crippen LogP contribution is 2.32. The Bertz CT molecular complexity index is 953. The number of thiocarbonyl (C=S) groups is 1. The highest BCUT2D eigenvalue weighted by Gasteiger charge is 2.26. The highest BCUT2D eigenvalue weighted by atomic mass is 32.2. The number of ether oxygens (including phenoxy) is 2. The van der Waals surface area contributed by atoms with E-state index in [4.69, 9.17) is 21.7 Å². The van der Waals surface area contributed by atoms with Crippen LogP contribution < -0.4 is 20.1 Å². The fourth-order valence-electron chi connectivity index (χ4n) is 2.10. The van der Waals surface area contributed by atoms with Gasteiger partial charge in [0, 0.05) is 6.08 Å². The van der Waals surface area contributed by atoms with Gasteiger partial charge in [-0.05, 0) is 47.3 Å². The van der Waals surface area contributed by atoms with Gasteiger partial charge in [0.25, 0.3) is 16.4 Å². The zero-order valence-corrected chi connectivity index (χ0v) is 16.0. The van der Waals surface area contributed by atoms with Gasteiger partial charge in [-0.25, -0.2) is 4.79 Å². The summed E-state index contributed by atoms with van der Waals surface area (Å²) in [7, 11) is 1.40. The lowest BCUT2D eigenvalue weighted by Crippen LogP contribution is -2.18. The molecule has 3 amide bonds. The number of thioether (sulfide) groups is 2. The predicted molar refractivity (Wildman–Crippen MR) is 105 cm³/mol. The van der Waals surface area contributed by atoms with E-state index in [-0.39, 0.29) is 21.6 Å². The maximum atomic E-state index is 12.0. The number of carbonyl (C=O) groups is 4. The number of hydrogen-bond acceptors (Lipinski definition) is 9. The van der Waals surface area contributed by atoms with Gasteiger partial charge in [-0.15, -0.1) is 0 Å². The molecule has 0 unspecified atom stereocenters. The highest BCUT2D eigenvalue weighted by molar-refractivity contribution is 8.19. The zero-order valence-electron chi connectivity index (χ0n) is 13.6. The first-order valence-corrected chi connectivity index (χ1v) is 9.29. The lowest BCUT2D eigenvalue weighted by molar-refractivity contribution is -0.129. The van der Waals surface area contributed by atoms with Crippen molar-refractivity contribution < 1.29 is 28.7 Å². The van der Waals surface area contributed by atoms with Gasteiger partial charge in [-0.3, -0.25) is 19.7 Å². The standard InChI is InChI=1S/C16H10N2O6S3/c1-23-9-4-7(5-11-14(25)18-16(22)27-11)2-3-8(9)24-12(19)6-10-13(20)17-15(21)26-10/h2-6H,1H3,(H,17,20,21)(H,18,22,25)/b10-6+,11-5-. The van der Waals surface area contributed by atoms with Crippen LogP contribution in [0.2, 0.25) is 0 Å². The van der Waals surface area contributed by atoms with Crippen molar-refractivity contribution in [1.82, 2.24) is 10.6 Å². The van der Waals surface area contributed by atoms with E-state index in [1.54, 1.807) is 18.2 Å². The Morgan fingerprint density at radius 2 is 1.78 bits per heavy atom. The van der Waals surface area contributed by atoms with Crippen molar-refractivity contribution >= 4 is 69.2 Å². The largest absolute Gasteiger partial charge is 0.493 e. The number of rotatable bonds is 4. The van der Waals surface area contributed by atoms with Gasteiger partial charge < -0.3 is 14.8 Å². The third-order valence-electron chi connectivity index (χ3n) is 3.23. The second-order valence-electron chi connectivity index (χ2n) is 5.04. The van der Waals surface area contributed by atoms with Crippen molar-refractivity contribution in [2.75, 3.05) is 7.11 Å². The third kappa shape index (κ3) is 4.56. The first kappa shape index (κ1) is 19.1. The number of nitrogens with one attached hydrogen (secondary N) is 2. The van der Waals surface area contributed by atoms with E-state index in [1.807, 2.05) is 5.32 Å². The van der Waals surface area contributed by atoms with Crippen LogP contribution in [0.15, 0.2) is 34.1 Å². The maximum absolute atomic E-state index is 12.0. The molecule has 11 heteroatoms. The topological polar surface area (TPSA) is 111 Å². The van der Waals surface area contributed by atoms with Gasteiger partial charge in [0.2, 0.25) is 0 Å². The van der Waals surface area contributed by atoms with Crippen LogP contribution in [0.4, 0.5) is 9.59 Å². The molecule has 1 aromatic rings.